The number of fused-ring (bicyclic) bond motifs is 2. The highest BCUT2D eigenvalue weighted by Gasteiger charge is 2.35. The van der Waals surface area contributed by atoms with Crippen LogP contribution in [0.4, 0.5) is 0 Å². The molecule has 25 heavy (non-hydrogen) atoms. The molecule has 0 radical (unpaired) electrons. The first-order valence-corrected chi connectivity index (χ1v) is 8.51. The molecule has 2 aliphatic heterocycles. The van der Waals surface area contributed by atoms with Crippen molar-refractivity contribution in [2.24, 2.45) is 11.1 Å². The Kier molecular flexibility index (Phi) is 5.62. The van der Waals surface area contributed by atoms with Gasteiger partial charge in [0.05, 0.1) is 19.9 Å². The van der Waals surface area contributed by atoms with Crippen molar-refractivity contribution in [2.45, 2.75) is 13.3 Å². The molecule has 2 saturated heterocycles. The summed E-state index contributed by atoms with van der Waals surface area (Å²) >= 11 is 0. The number of rotatable bonds is 5. The monoisotopic (exact) mass is 340 g/mol. The third-order valence-corrected chi connectivity index (χ3v) is 4.56. The molecule has 0 saturated carbocycles. The number of nitrogens with zero attached hydrogens (tertiary/aromatic N) is 2. The summed E-state index contributed by atoms with van der Waals surface area (Å²) in [5, 5.41) is 4.29. The number of allylic oxidation sites excluding steroid dienone is 1. The standard InChI is InChI=1S/C20H24N2O3/c1-15(4-5-16-6-7-19(23-2)20(12-16)24-3)9-11-25-21-18-14-22-10-8-17(18)13-22/h6-7,9,12,17H,8,10-11,13-14H2,1-3H3/b15-9+,21-18+. The number of ether oxygens (including phenoxy) is 2. The molecule has 2 aliphatic rings. The van der Waals surface area contributed by atoms with Gasteiger partial charge in [-0.25, -0.2) is 0 Å². The number of piperidine rings is 1. The van der Waals surface area contributed by atoms with E-state index in [2.05, 4.69) is 21.9 Å². The van der Waals surface area contributed by atoms with E-state index in [0.717, 1.165) is 24.2 Å². The summed E-state index contributed by atoms with van der Waals surface area (Å²) in [4.78, 5) is 7.86. The second kappa shape index (κ2) is 8.09. The van der Waals surface area contributed by atoms with Crippen molar-refractivity contribution in [1.29, 1.82) is 0 Å². The first kappa shape index (κ1) is 17.4. The Morgan fingerprint density at radius 1 is 1.32 bits per heavy atom. The van der Waals surface area contributed by atoms with Crippen LogP contribution in [0, 0.1) is 17.8 Å². The van der Waals surface area contributed by atoms with Crippen molar-refractivity contribution >= 4 is 5.71 Å². The van der Waals surface area contributed by atoms with E-state index >= 15 is 0 Å². The summed E-state index contributed by atoms with van der Waals surface area (Å²) in [6.45, 7) is 5.73. The van der Waals surface area contributed by atoms with Gasteiger partial charge in [-0.1, -0.05) is 17.0 Å². The van der Waals surface area contributed by atoms with Gasteiger partial charge in [-0.15, -0.1) is 0 Å². The summed E-state index contributed by atoms with van der Waals surface area (Å²) in [6.07, 6.45) is 3.17. The van der Waals surface area contributed by atoms with Crippen LogP contribution >= 0.6 is 0 Å². The smallest absolute Gasteiger partial charge is 0.161 e. The fraction of sp³-hybridized carbons (Fsp3) is 0.450. The van der Waals surface area contributed by atoms with Crippen molar-refractivity contribution in [3.63, 3.8) is 0 Å². The predicted molar refractivity (Wildman–Crippen MR) is 98.1 cm³/mol. The van der Waals surface area contributed by atoms with Gasteiger partial charge >= 0.3 is 0 Å². The van der Waals surface area contributed by atoms with E-state index in [-0.39, 0.29) is 0 Å². The average molecular weight is 340 g/mol. The van der Waals surface area contributed by atoms with E-state index in [0.29, 0.717) is 24.0 Å². The van der Waals surface area contributed by atoms with E-state index < -0.39 is 0 Å². The van der Waals surface area contributed by atoms with Gasteiger partial charge in [0.15, 0.2) is 11.5 Å². The number of hydrogen-bond donors (Lipinski definition) is 0. The van der Waals surface area contributed by atoms with Crippen LogP contribution in [0.1, 0.15) is 18.9 Å². The molecular weight excluding hydrogens is 316 g/mol. The number of oxime groups is 1. The zero-order valence-electron chi connectivity index (χ0n) is 15.0. The van der Waals surface area contributed by atoms with E-state index in [9.17, 15) is 0 Å². The van der Waals surface area contributed by atoms with Crippen molar-refractivity contribution < 1.29 is 14.3 Å². The first-order chi connectivity index (χ1) is 12.2. The molecule has 2 unspecified atom stereocenters. The minimum absolute atomic E-state index is 0.447. The van der Waals surface area contributed by atoms with Crippen LogP contribution in [0.3, 0.4) is 0 Å². The molecule has 0 amide bonds. The Morgan fingerprint density at radius 2 is 2.16 bits per heavy atom. The van der Waals surface area contributed by atoms with Crippen molar-refractivity contribution in [1.82, 2.24) is 4.90 Å². The zero-order valence-corrected chi connectivity index (χ0v) is 15.0. The molecule has 5 nitrogen and oxygen atoms in total. The van der Waals surface area contributed by atoms with Crippen LogP contribution in [-0.4, -0.2) is 51.1 Å². The van der Waals surface area contributed by atoms with Crippen LogP contribution in [0.5, 0.6) is 11.5 Å². The molecule has 0 N–H and O–H groups in total. The second-order valence-corrected chi connectivity index (χ2v) is 6.31. The van der Waals surface area contributed by atoms with Gasteiger partial charge in [0, 0.05) is 24.6 Å². The van der Waals surface area contributed by atoms with Crippen LogP contribution < -0.4 is 9.47 Å². The Bertz CT molecular complexity index is 743. The fourth-order valence-corrected chi connectivity index (χ4v) is 3.13. The quantitative estimate of drug-likeness (QED) is 0.470. The largest absolute Gasteiger partial charge is 0.493 e. The molecule has 2 heterocycles. The number of methoxy groups -OCH3 is 2. The van der Waals surface area contributed by atoms with Gasteiger partial charge < -0.3 is 14.3 Å². The molecule has 132 valence electrons. The lowest BCUT2D eigenvalue weighted by Crippen LogP contribution is -2.23. The highest BCUT2D eigenvalue weighted by atomic mass is 16.6. The summed E-state index contributed by atoms with van der Waals surface area (Å²) in [5.74, 6) is 8.23. The molecule has 3 rings (SSSR count). The number of hydrogen-bond acceptors (Lipinski definition) is 5. The predicted octanol–water partition coefficient (Wildman–Crippen LogP) is 2.71. The molecule has 2 bridgehead atoms. The van der Waals surface area contributed by atoms with Crippen LogP contribution in [0.2, 0.25) is 0 Å². The molecule has 1 aromatic rings. The van der Waals surface area contributed by atoms with Gasteiger partial charge in [0.1, 0.15) is 6.61 Å². The lowest BCUT2D eigenvalue weighted by atomic mass is 10.0. The Hall–Kier alpha value is -2.45. The maximum absolute atomic E-state index is 5.44. The van der Waals surface area contributed by atoms with Gasteiger partial charge in [0.25, 0.3) is 0 Å². The summed E-state index contributed by atoms with van der Waals surface area (Å²) in [6, 6.07) is 5.63. The summed E-state index contributed by atoms with van der Waals surface area (Å²) in [5.41, 5.74) is 3.02. The molecule has 2 atom stereocenters. The van der Waals surface area contributed by atoms with Gasteiger partial charge in [-0.3, -0.25) is 4.90 Å². The van der Waals surface area contributed by atoms with Gasteiger partial charge in [0.2, 0.25) is 0 Å². The minimum Gasteiger partial charge on any atom is -0.493 e. The van der Waals surface area contributed by atoms with E-state index in [1.807, 2.05) is 31.2 Å². The molecule has 1 aromatic carbocycles. The third-order valence-electron chi connectivity index (χ3n) is 4.56. The lowest BCUT2D eigenvalue weighted by molar-refractivity contribution is 0.171. The van der Waals surface area contributed by atoms with Crippen LogP contribution in [0.25, 0.3) is 0 Å². The summed E-state index contributed by atoms with van der Waals surface area (Å²) in [7, 11) is 3.24. The van der Waals surface area contributed by atoms with Crippen molar-refractivity contribution in [3.8, 4) is 23.3 Å². The maximum atomic E-state index is 5.44. The molecule has 2 fully saturated rings. The lowest BCUT2D eigenvalue weighted by Gasteiger charge is -2.12. The number of benzene rings is 1. The van der Waals surface area contributed by atoms with Crippen LogP contribution in [-0.2, 0) is 4.84 Å². The van der Waals surface area contributed by atoms with Gasteiger partial charge in [-0.05, 0) is 49.7 Å². The second-order valence-electron chi connectivity index (χ2n) is 6.31. The summed E-state index contributed by atoms with van der Waals surface area (Å²) < 4.78 is 10.5. The molecule has 0 spiro atoms. The fourth-order valence-electron chi connectivity index (χ4n) is 3.13. The Morgan fingerprint density at radius 3 is 2.84 bits per heavy atom. The van der Waals surface area contributed by atoms with Crippen molar-refractivity contribution in [2.75, 3.05) is 40.5 Å². The molecule has 0 aliphatic carbocycles. The SMILES string of the molecule is COc1ccc(C#C/C(C)=C/CO/N=C2\CN3CCC2C3)cc1OC. The molecule has 0 aromatic heterocycles. The minimum atomic E-state index is 0.447. The Labute approximate surface area is 149 Å². The Balaban J connectivity index is 1.53. The van der Waals surface area contributed by atoms with E-state index in [1.165, 1.54) is 18.7 Å². The highest BCUT2D eigenvalue weighted by Crippen LogP contribution is 2.27. The van der Waals surface area contributed by atoms with E-state index in [1.54, 1.807) is 14.2 Å². The van der Waals surface area contributed by atoms with Gasteiger partial charge in [-0.2, -0.15) is 0 Å². The van der Waals surface area contributed by atoms with Crippen LogP contribution in [0.15, 0.2) is 35.0 Å². The highest BCUT2D eigenvalue weighted by molar-refractivity contribution is 5.91. The normalized spacial score (nSPS) is 23.3. The topological polar surface area (TPSA) is 43.3 Å². The third kappa shape index (κ3) is 4.34. The zero-order chi connectivity index (χ0) is 17.6. The first-order valence-electron chi connectivity index (χ1n) is 8.51. The molecule has 5 heteroatoms. The maximum Gasteiger partial charge on any atom is 0.161 e. The van der Waals surface area contributed by atoms with E-state index in [4.69, 9.17) is 14.3 Å². The average Bonchev–Trinajstić information content (AvgIpc) is 3.26. The van der Waals surface area contributed by atoms with Crippen molar-refractivity contribution in [3.05, 3.63) is 35.4 Å². The molecular formula is C20H24N2O3.